The van der Waals surface area contributed by atoms with Crippen LogP contribution in [0.15, 0.2) is 48.5 Å². The normalized spacial score (nSPS) is 15.7. The van der Waals surface area contributed by atoms with Gasteiger partial charge in [0.05, 0.1) is 17.7 Å². The van der Waals surface area contributed by atoms with E-state index < -0.39 is 11.9 Å². The second-order valence-corrected chi connectivity index (χ2v) is 5.06. The zero-order valence-corrected chi connectivity index (χ0v) is 12.2. The van der Waals surface area contributed by atoms with Crippen molar-refractivity contribution in [2.24, 2.45) is 0 Å². The van der Waals surface area contributed by atoms with E-state index in [-0.39, 0.29) is 23.8 Å². The standard InChI is InChI=1S/C17H15NO5/c19-16(12-5-1-2-6-13(12)17(20)21)18-9-11-10-22-14-7-3-4-8-15(14)23-11/h1-8,11H,9-10H2,(H,18,19)(H,20,21)/t11-/m0/s1. The van der Waals surface area contributed by atoms with Gasteiger partial charge in [-0.3, -0.25) is 4.79 Å². The molecular formula is C17H15NO5. The lowest BCUT2D eigenvalue weighted by atomic mass is 10.1. The Balaban J connectivity index is 1.63. The van der Waals surface area contributed by atoms with Gasteiger partial charge in [-0.1, -0.05) is 24.3 Å². The third-order valence-electron chi connectivity index (χ3n) is 3.46. The highest BCUT2D eigenvalue weighted by atomic mass is 16.6. The first-order valence-electron chi connectivity index (χ1n) is 7.14. The molecule has 118 valence electrons. The van der Waals surface area contributed by atoms with Gasteiger partial charge in [0.1, 0.15) is 12.7 Å². The fourth-order valence-corrected chi connectivity index (χ4v) is 2.33. The molecule has 23 heavy (non-hydrogen) atoms. The van der Waals surface area contributed by atoms with Crippen LogP contribution in [0.2, 0.25) is 0 Å². The van der Waals surface area contributed by atoms with Gasteiger partial charge in [-0.25, -0.2) is 4.79 Å². The second-order valence-electron chi connectivity index (χ2n) is 5.06. The highest BCUT2D eigenvalue weighted by molar-refractivity contribution is 6.04. The average molecular weight is 313 g/mol. The highest BCUT2D eigenvalue weighted by Gasteiger charge is 2.22. The van der Waals surface area contributed by atoms with Crippen molar-refractivity contribution in [3.05, 3.63) is 59.7 Å². The number of ether oxygens (including phenoxy) is 2. The Morgan fingerprint density at radius 1 is 1.04 bits per heavy atom. The van der Waals surface area contributed by atoms with Crippen LogP contribution in [0.25, 0.3) is 0 Å². The predicted molar refractivity (Wildman–Crippen MR) is 82.1 cm³/mol. The molecule has 0 saturated heterocycles. The summed E-state index contributed by atoms with van der Waals surface area (Å²) in [6.07, 6.45) is -0.328. The lowest BCUT2D eigenvalue weighted by Crippen LogP contribution is -2.41. The van der Waals surface area contributed by atoms with Gasteiger partial charge < -0.3 is 19.9 Å². The molecular weight excluding hydrogens is 298 g/mol. The summed E-state index contributed by atoms with van der Waals surface area (Å²) in [7, 11) is 0. The molecule has 1 atom stereocenters. The summed E-state index contributed by atoms with van der Waals surface area (Å²) in [5, 5.41) is 11.8. The number of hydrogen-bond acceptors (Lipinski definition) is 4. The number of aromatic carboxylic acids is 1. The summed E-state index contributed by atoms with van der Waals surface area (Å²) in [6, 6.07) is 13.4. The molecule has 0 spiro atoms. The molecule has 0 fully saturated rings. The van der Waals surface area contributed by atoms with Crippen molar-refractivity contribution >= 4 is 11.9 Å². The van der Waals surface area contributed by atoms with E-state index in [4.69, 9.17) is 14.6 Å². The van der Waals surface area contributed by atoms with Crippen molar-refractivity contribution in [1.29, 1.82) is 0 Å². The number of rotatable bonds is 4. The molecule has 2 aromatic carbocycles. The first-order chi connectivity index (χ1) is 11.1. The van der Waals surface area contributed by atoms with Gasteiger partial charge in [-0.05, 0) is 24.3 Å². The van der Waals surface area contributed by atoms with E-state index in [1.54, 1.807) is 18.2 Å². The topological polar surface area (TPSA) is 84.9 Å². The molecule has 0 bridgehead atoms. The smallest absolute Gasteiger partial charge is 0.336 e. The van der Waals surface area contributed by atoms with Crippen molar-refractivity contribution in [3.63, 3.8) is 0 Å². The minimum absolute atomic E-state index is 0.0313. The zero-order valence-electron chi connectivity index (χ0n) is 12.2. The lowest BCUT2D eigenvalue weighted by molar-refractivity contribution is 0.0687. The fraction of sp³-hybridized carbons (Fsp3) is 0.176. The Kier molecular flexibility index (Phi) is 4.14. The maximum absolute atomic E-state index is 12.2. The van der Waals surface area contributed by atoms with Crippen molar-refractivity contribution in [2.45, 2.75) is 6.10 Å². The number of fused-ring (bicyclic) bond motifs is 1. The van der Waals surface area contributed by atoms with Crippen LogP contribution in [-0.4, -0.2) is 36.2 Å². The summed E-state index contributed by atoms with van der Waals surface area (Å²) in [5.41, 5.74) is 0.0910. The Morgan fingerprint density at radius 2 is 1.70 bits per heavy atom. The Hall–Kier alpha value is -3.02. The number of carboxylic acids is 1. The minimum Gasteiger partial charge on any atom is -0.486 e. The van der Waals surface area contributed by atoms with Crippen LogP contribution in [0.5, 0.6) is 11.5 Å². The van der Waals surface area contributed by atoms with E-state index >= 15 is 0 Å². The van der Waals surface area contributed by atoms with Crippen LogP contribution in [0.4, 0.5) is 0 Å². The van der Waals surface area contributed by atoms with Crippen molar-refractivity contribution in [1.82, 2.24) is 5.32 Å². The number of hydrogen-bond donors (Lipinski definition) is 2. The van der Waals surface area contributed by atoms with Crippen LogP contribution < -0.4 is 14.8 Å². The van der Waals surface area contributed by atoms with E-state index in [1.165, 1.54) is 12.1 Å². The van der Waals surface area contributed by atoms with Crippen molar-refractivity contribution < 1.29 is 24.2 Å². The molecule has 0 saturated carbocycles. The summed E-state index contributed by atoms with van der Waals surface area (Å²) in [4.78, 5) is 23.3. The number of para-hydroxylation sites is 2. The molecule has 0 unspecified atom stereocenters. The fourth-order valence-electron chi connectivity index (χ4n) is 2.33. The van der Waals surface area contributed by atoms with Gasteiger partial charge in [0, 0.05) is 0 Å². The van der Waals surface area contributed by atoms with Crippen LogP contribution in [0, 0.1) is 0 Å². The maximum Gasteiger partial charge on any atom is 0.336 e. The zero-order chi connectivity index (χ0) is 16.2. The monoisotopic (exact) mass is 313 g/mol. The average Bonchev–Trinajstić information content (AvgIpc) is 2.59. The number of carbonyl (C=O) groups excluding carboxylic acids is 1. The largest absolute Gasteiger partial charge is 0.486 e. The first-order valence-corrected chi connectivity index (χ1v) is 7.14. The van der Waals surface area contributed by atoms with E-state index in [9.17, 15) is 9.59 Å². The maximum atomic E-state index is 12.2. The predicted octanol–water partition coefficient (Wildman–Crippen LogP) is 1.95. The van der Waals surface area contributed by atoms with Gasteiger partial charge in [0.25, 0.3) is 5.91 Å². The van der Waals surface area contributed by atoms with Gasteiger partial charge in [-0.15, -0.1) is 0 Å². The highest BCUT2D eigenvalue weighted by Crippen LogP contribution is 2.30. The van der Waals surface area contributed by atoms with Crippen LogP contribution in [0.1, 0.15) is 20.7 Å². The molecule has 0 aliphatic carbocycles. The molecule has 0 radical (unpaired) electrons. The Bertz CT molecular complexity index is 743. The van der Waals surface area contributed by atoms with Crippen LogP contribution >= 0.6 is 0 Å². The second kappa shape index (κ2) is 6.39. The van der Waals surface area contributed by atoms with Gasteiger partial charge in [-0.2, -0.15) is 0 Å². The summed E-state index contributed by atoms with van der Waals surface area (Å²) in [6.45, 7) is 0.541. The van der Waals surface area contributed by atoms with Crippen molar-refractivity contribution in [2.75, 3.05) is 13.2 Å². The molecule has 1 aliphatic rings. The number of carbonyl (C=O) groups is 2. The molecule has 1 aliphatic heterocycles. The van der Waals surface area contributed by atoms with E-state index in [2.05, 4.69) is 5.32 Å². The van der Waals surface area contributed by atoms with Crippen LogP contribution in [-0.2, 0) is 0 Å². The third kappa shape index (κ3) is 3.26. The quantitative estimate of drug-likeness (QED) is 0.901. The number of benzene rings is 2. The first kappa shape index (κ1) is 14.9. The summed E-state index contributed by atoms with van der Waals surface area (Å²) in [5.74, 6) is -0.289. The number of nitrogens with one attached hydrogen (secondary N) is 1. The molecule has 0 aromatic heterocycles. The molecule has 6 nitrogen and oxygen atoms in total. The lowest BCUT2D eigenvalue weighted by Gasteiger charge is -2.26. The molecule has 1 heterocycles. The Labute approximate surface area is 132 Å². The molecule has 3 rings (SSSR count). The molecule has 2 N–H and O–H groups in total. The molecule has 1 amide bonds. The van der Waals surface area contributed by atoms with Crippen LogP contribution in [0.3, 0.4) is 0 Å². The molecule has 6 heteroatoms. The van der Waals surface area contributed by atoms with E-state index in [0.717, 1.165) is 0 Å². The van der Waals surface area contributed by atoms with Gasteiger partial charge in [0.2, 0.25) is 0 Å². The molecule has 2 aromatic rings. The summed E-state index contributed by atoms with van der Waals surface area (Å²) >= 11 is 0. The van der Waals surface area contributed by atoms with Gasteiger partial charge >= 0.3 is 5.97 Å². The number of amides is 1. The van der Waals surface area contributed by atoms with E-state index in [1.807, 2.05) is 18.2 Å². The van der Waals surface area contributed by atoms with E-state index in [0.29, 0.717) is 18.1 Å². The summed E-state index contributed by atoms with van der Waals surface area (Å²) < 4.78 is 11.3. The Morgan fingerprint density at radius 3 is 2.43 bits per heavy atom. The number of carboxylic acid groups (broad SMARTS) is 1. The van der Waals surface area contributed by atoms with Gasteiger partial charge in [0.15, 0.2) is 11.5 Å². The minimum atomic E-state index is -1.14. The third-order valence-corrected chi connectivity index (χ3v) is 3.46. The SMILES string of the molecule is O=C(O)c1ccccc1C(=O)NC[C@H]1COc2ccccc2O1. The van der Waals surface area contributed by atoms with Crippen molar-refractivity contribution in [3.8, 4) is 11.5 Å².